The van der Waals surface area contributed by atoms with Crippen LogP contribution in [-0.4, -0.2) is 49.8 Å². The van der Waals surface area contributed by atoms with Gasteiger partial charge in [0.1, 0.15) is 5.82 Å². The first-order valence-corrected chi connectivity index (χ1v) is 8.57. The Morgan fingerprint density at radius 2 is 2.26 bits per heavy atom. The summed E-state index contributed by atoms with van der Waals surface area (Å²) in [4.78, 5) is 25.7. The van der Waals surface area contributed by atoms with Crippen LogP contribution in [0.5, 0.6) is 0 Å². The number of hydrogen-bond donors (Lipinski definition) is 1. The summed E-state index contributed by atoms with van der Waals surface area (Å²) in [7, 11) is 0. The van der Waals surface area contributed by atoms with Crippen molar-refractivity contribution in [2.24, 2.45) is 11.7 Å². The Labute approximate surface area is 140 Å². The molecule has 1 aliphatic heterocycles. The molecule has 2 N–H and O–H groups in total. The number of allylic oxidation sites excluding steroid dienone is 1. The molecule has 23 heavy (non-hydrogen) atoms. The van der Waals surface area contributed by atoms with E-state index in [1.165, 1.54) is 11.8 Å². The van der Waals surface area contributed by atoms with Crippen molar-refractivity contribution in [2.45, 2.75) is 43.6 Å². The SMILES string of the molecule is C=CCn1c(C)nnc1SC(C)C(=O)N1CCCC(C(N)=O)C1. The maximum atomic E-state index is 12.6. The van der Waals surface area contributed by atoms with Crippen LogP contribution in [0, 0.1) is 12.8 Å². The topological polar surface area (TPSA) is 94.1 Å². The van der Waals surface area contributed by atoms with Crippen molar-refractivity contribution in [3.63, 3.8) is 0 Å². The summed E-state index contributed by atoms with van der Waals surface area (Å²) in [5.74, 6) is 0.228. The number of amides is 2. The first-order valence-electron chi connectivity index (χ1n) is 7.69. The Bertz CT molecular complexity index is 601. The zero-order valence-corrected chi connectivity index (χ0v) is 14.4. The van der Waals surface area contributed by atoms with Gasteiger partial charge in [0.15, 0.2) is 5.16 Å². The van der Waals surface area contributed by atoms with Crippen molar-refractivity contribution in [1.29, 1.82) is 0 Å². The van der Waals surface area contributed by atoms with Crippen molar-refractivity contribution in [1.82, 2.24) is 19.7 Å². The van der Waals surface area contributed by atoms with Crippen LogP contribution in [0.15, 0.2) is 17.8 Å². The fourth-order valence-corrected chi connectivity index (χ4v) is 3.65. The molecule has 2 atom stereocenters. The molecule has 2 rings (SSSR count). The third-order valence-corrected chi connectivity index (χ3v) is 5.05. The predicted molar refractivity (Wildman–Crippen MR) is 88.8 cm³/mol. The van der Waals surface area contributed by atoms with Crippen LogP contribution in [0.3, 0.4) is 0 Å². The summed E-state index contributed by atoms with van der Waals surface area (Å²) in [6.45, 7) is 9.14. The van der Waals surface area contributed by atoms with Gasteiger partial charge in [0.05, 0.1) is 11.2 Å². The maximum absolute atomic E-state index is 12.6. The summed E-state index contributed by atoms with van der Waals surface area (Å²) in [5, 5.41) is 8.59. The maximum Gasteiger partial charge on any atom is 0.235 e. The van der Waals surface area contributed by atoms with E-state index >= 15 is 0 Å². The molecule has 1 aliphatic rings. The lowest BCUT2D eigenvalue weighted by Gasteiger charge is -2.32. The van der Waals surface area contributed by atoms with E-state index in [-0.39, 0.29) is 23.0 Å². The molecule has 1 saturated heterocycles. The molecular formula is C15H23N5O2S. The van der Waals surface area contributed by atoms with Crippen LogP contribution < -0.4 is 5.73 Å². The lowest BCUT2D eigenvalue weighted by atomic mass is 9.97. The Hall–Kier alpha value is -1.83. The van der Waals surface area contributed by atoms with Crippen molar-refractivity contribution < 1.29 is 9.59 Å². The molecule has 0 saturated carbocycles. The fourth-order valence-electron chi connectivity index (χ4n) is 2.66. The average Bonchev–Trinajstić information content (AvgIpc) is 2.87. The zero-order valence-electron chi connectivity index (χ0n) is 13.6. The van der Waals surface area contributed by atoms with Gasteiger partial charge in [-0.05, 0) is 26.7 Å². The summed E-state index contributed by atoms with van der Waals surface area (Å²) in [5.41, 5.74) is 5.37. The molecule has 0 aromatic carbocycles. The van der Waals surface area contributed by atoms with Gasteiger partial charge in [0.2, 0.25) is 11.8 Å². The standard InChI is InChI=1S/C15H23N5O2S/c1-4-7-20-11(3)17-18-15(20)23-10(2)14(22)19-8-5-6-12(9-19)13(16)21/h4,10,12H,1,5-9H2,2-3H3,(H2,16,21). The smallest absolute Gasteiger partial charge is 0.235 e. The predicted octanol–water partition coefficient (Wildman–Crippen LogP) is 0.977. The van der Waals surface area contributed by atoms with Crippen molar-refractivity contribution >= 4 is 23.6 Å². The van der Waals surface area contributed by atoms with Gasteiger partial charge in [-0.3, -0.25) is 9.59 Å². The number of piperidine rings is 1. The number of thioether (sulfide) groups is 1. The van der Waals surface area contributed by atoms with Crippen LogP contribution in [0.2, 0.25) is 0 Å². The first kappa shape index (κ1) is 17.5. The minimum atomic E-state index is -0.329. The third kappa shape index (κ3) is 4.13. The number of likely N-dealkylation sites (tertiary alicyclic amines) is 1. The van der Waals surface area contributed by atoms with Gasteiger partial charge in [-0.2, -0.15) is 0 Å². The highest BCUT2D eigenvalue weighted by molar-refractivity contribution is 8.00. The van der Waals surface area contributed by atoms with Gasteiger partial charge < -0.3 is 15.2 Å². The highest BCUT2D eigenvalue weighted by atomic mass is 32.2. The van der Waals surface area contributed by atoms with Gasteiger partial charge in [-0.25, -0.2) is 0 Å². The molecule has 2 heterocycles. The molecular weight excluding hydrogens is 314 g/mol. The fraction of sp³-hybridized carbons (Fsp3) is 0.600. The Morgan fingerprint density at radius 1 is 1.52 bits per heavy atom. The van der Waals surface area contributed by atoms with Crippen LogP contribution in [0.4, 0.5) is 0 Å². The molecule has 1 fully saturated rings. The summed E-state index contributed by atoms with van der Waals surface area (Å²) >= 11 is 1.38. The third-order valence-electron chi connectivity index (χ3n) is 3.98. The number of hydrogen-bond acceptors (Lipinski definition) is 5. The Morgan fingerprint density at radius 3 is 2.91 bits per heavy atom. The lowest BCUT2D eigenvalue weighted by Crippen LogP contribution is -2.46. The van der Waals surface area contributed by atoms with Crippen LogP contribution in [0.1, 0.15) is 25.6 Å². The molecule has 2 unspecified atom stereocenters. The van der Waals surface area contributed by atoms with E-state index in [0.717, 1.165) is 18.7 Å². The molecule has 0 bridgehead atoms. The molecule has 126 valence electrons. The van der Waals surface area contributed by atoms with E-state index < -0.39 is 0 Å². The van der Waals surface area contributed by atoms with E-state index in [4.69, 9.17) is 5.73 Å². The number of nitrogens with two attached hydrogens (primary N) is 1. The van der Waals surface area contributed by atoms with E-state index in [1.807, 2.05) is 18.4 Å². The first-order chi connectivity index (χ1) is 10.9. The highest BCUT2D eigenvalue weighted by Crippen LogP contribution is 2.25. The van der Waals surface area contributed by atoms with Gasteiger partial charge in [0.25, 0.3) is 0 Å². The minimum Gasteiger partial charge on any atom is -0.369 e. The van der Waals surface area contributed by atoms with Crippen molar-refractivity contribution in [3.05, 3.63) is 18.5 Å². The van der Waals surface area contributed by atoms with Crippen molar-refractivity contribution in [2.75, 3.05) is 13.1 Å². The lowest BCUT2D eigenvalue weighted by molar-refractivity contribution is -0.134. The van der Waals surface area contributed by atoms with E-state index in [0.29, 0.717) is 24.8 Å². The number of carbonyl (C=O) groups is 2. The number of primary amides is 1. The van der Waals surface area contributed by atoms with E-state index in [1.54, 1.807) is 11.0 Å². The highest BCUT2D eigenvalue weighted by Gasteiger charge is 2.30. The zero-order chi connectivity index (χ0) is 17.0. The van der Waals surface area contributed by atoms with Crippen LogP contribution in [0.25, 0.3) is 0 Å². The van der Waals surface area contributed by atoms with Crippen LogP contribution >= 0.6 is 11.8 Å². The van der Waals surface area contributed by atoms with E-state index in [9.17, 15) is 9.59 Å². The number of aromatic nitrogens is 3. The number of aryl methyl sites for hydroxylation is 1. The summed E-state index contributed by atoms with van der Waals surface area (Å²) in [6, 6.07) is 0. The molecule has 8 heteroatoms. The van der Waals surface area contributed by atoms with Gasteiger partial charge >= 0.3 is 0 Å². The molecule has 2 amide bonds. The van der Waals surface area contributed by atoms with Crippen LogP contribution in [-0.2, 0) is 16.1 Å². The molecule has 0 spiro atoms. The monoisotopic (exact) mass is 337 g/mol. The molecule has 7 nitrogen and oxygen atoms in total. The van der Waals surface area contributed by atoms with Gasteiger partial charge in [0, 0.05) is 19.6 Å². The molecule has 1 aromatic heterocycles. The normalized spacial score (nSPS) is 19.4. The average molecular weight is 337 g/mol. The molecule has 0 radical (unpaired) electrons. The minimum absolute atomic E-state index is 0.00626. The van der Waals surface area contributed by atoms with Crippen molar-refractivity contribution in [3.8, 4) is 0 Å². The summed E-state index contributed by atoms with van der Waals surface area (Å²) < 4.78 is 1.92. The number of rotatable bonds is 6. The Kier molecular flexibility index (Phi) is 5.81. The molecule has 1 aromatic rings. The number of nitrogens with zero attached hydrogens (tertiary/aromatic N) is 4. The summed E-state index contributed by atoms with van der Waals surface area (Å²) in [6.07, 6.45) is 3.34. The van der Waals surface area contributed by atoms with E-state index in [2.05, 4.69) is 16.8 Å². The second-order valence-corrected chi connectivity index (χ2v) is 7.02. The Balaban J connectivity index is 2.02. The number of carbonyl (C=O) groups excluding carboxylic acids is 2. The van der Waals surface area contributed by atoms with Gasteiger partial charge in [-0.1, -0.05) is 17.8 Å². The molecule has 0 aliphatic carbocycles. The van der Waals surface area contributed by atoms with Gasteiger partial charge in [-0.15, -0.1) is 16.8 Å². The largest absolute Gasteiger partial charge is 0.369 e. The quantitative estimate of drug-likeness (QED) is 0.617. The second kappa shape index (κ2) is 7.63. The second-order valence-electron chi connectivity index (χ2n) is 5.71.